The molecule has 3 nitrogen and oxygen atoms in total. The Hall–Kier alpha value is -1.12. The van der Waals surface area contributed by atoms with E-state index in [0.29, 0.717) is 6.42 Å². The minimum Gasteiger partial charge on any atom is -0.469 e. The summed E-state index contributed by atoms with van der Waals surface area (Å²) in [6, 6.07) is 8.32. The quantitative estimate of drug-likeness (QED) is 0.559. The molecule has 1 aliphatic rings. The Morgan fingerprint density at radius 1 is 1.38 bits per heavy atom. The second kappa shape index (κ2) is 7.24. The smallest absolute Gasteiger partial charge is 0.306 e. The highest BCUT2D eigenvalue weighted by Gasteiger charge is 2.44. The average molecular weight is 321 g/mol. The monoisotopic (exact) mass is 321 g/mol. The fourth-order valence-electron chi connectivity index (χ4n) is 2.18. The second-order valence-electron chi connectivity index (χ2n) is 5.22. The van der Waals surface area contributed by atoms with Crippen molar-refractivity contribution in [1.29, 1.82) is 5.26 Å². The van der Waals surface area contributed by atoms with Gasteiger partial charge in [-0.3, -0.25) is 4.79 Å². The van der Waals surface area contributed by atoms with Gasteiger partial charge in [0.25, 0.3) is 0 Å². The molecule has 0 spiro atoms. The van der Waals surface area contributed by atoms with Crippen molar-refractivity contribution in [3.63, 3.8) is 0 Å². The lowest BCUT2D eigenvalue weighted by Crippen LogP contribution is -2.13. The summed E-state index contributed by atoms with van der Waals surface area (Å²) < 4.78 is 4.77. The first kappa shape index (κ1) is 16.3. The minimum absolute atomic E-state index is 0.0817. The Morgan fingerprint density at radius 2 is 2.05 bits per heavy atom. The Balaban J connectivity index is 2.05. The van der Waals surface area contributed by atoms with E-state index in [1.54, 1.807) is 23.5 Å². The molecule has 5 heteroatoms. The molecular weight excluding hydrogens is 302 g/mol. The fraction of sp³-hybridized carbons (Fsp3) is 0.500. The predicted molar refractivity (Wildman–Crippen MR) is 86.6 cm³/mol. The average Bonchev–Trinajstić information content (AvgIpc) is 3.25. The molecule has 1 aliphatic carbocycles. The van der Waals surface area contributed by atoms with E-state index in [1.807, 2.05) is 18.2 Å². The number of hydrogen-bond acceptors (Lipinski definition) is 5. The zero-order valence-electron chi connectivity index (χ0n) is 12.3. The van der Waals surface area contributed by atoms with Gasteiger partial charge in [-0.05, 0) is 36.1 Å². The van der Waals surface area contributed by atoms with Gasteiger partial charge in [-0.25, -0.2) is 0 Å². The van der Waals surface area contributed by atoms with Crippen LogP contribution in [0.3, 0.4) is 0 Å². The van der Waals surface area contributed by atoms with Gasteiger partial charge < -0.3 is 4.74 Å². The molecule has 0 atom stereocenters. The SMILES string of the molecule is CCSc1cccc(SCC2(CC(=O)OC)CC2)c1C#N. The number of thioether (sulfide) groups is 2. The van der Waals surface area contributed by atoms with Crippen LogP contribution in [0, 0.1) is 16.7 Å². The highest BCUT2D eigenvalue weighted by atomic mass is 32.2. The van der Waals surface area contributed by atoms with Crippen LogP contribution < -0.4 is 0 Å². The van der Waals surface area contributed by atoms with Crippen LogP contribution in [-0.4, -0.2) is 24.6 Å². The number of benzene rings is 1. The highest BCUT2D eigenvalue weighted by Crippen LogP contribution is 2.52. The normalized spacial score (nSPS) is 15.3. The summed E-state index contributed by atoms with van der Waals surface area (Å²) in [5, 5.41) is 9.40. The molecule has 1 saturated carbocycles. The third-order valence-electron chi connectivity index (χ3n) is 3.64. The molecule has 112 valence electrons. The van der Waals surface area contributed by atoms with Crippen LogP contribution in [0.25, 0.3) is 0 Å². The maximum Gasteiger partial charge on any atom is 0.306 e. The van der Waals surface area contributed by atoms with Gasteiger partial charge >= 0.3 is 5.97 Å². The standard InChI is InChI=1S/C16H19NO2S2/c1-3-20-13-5-4-6-14(12(13)10-17)21-11-16(7-8-16)9-15(18)19-2/h4-6H,3,7-9,11H2,1-2H3. The van der Waals surface area contributed by atoms with Crippen molar-refractivity contribution in [2.24, 2.45) is 5.41 Å². The number of nitriles is 1. The molecule has 1 fully saturated rings. The van der Waals surface area contributed by atoms with E-state index in [0.717, 1.165) is 39.7 Å². The first-order chi connectivity index (χ1) is 10.1. The maximum absolute atomic E-state index is 11.5. The molecular formula is C16H19NO2S2. The molecule has 0 bridgehead atoms. The molecule has 2 rings (SSSR count). The van der Waals surface area contributed by atoms with Gasteiger partial charge in [0.1, 0.15) is 6.07 Å². The highest BCUT2D eigenvalue weighted by molar-refractivity contribution is 8.00. The van der Waals surface area contributed by atoms with Crippen LogP contribution >= 0.6 is 23.5 Å². The Bertz CT molecular complexity index is 562. The molecule has 0 N–H and O–H groups in total. The number of esters is 1. The molecule has 21 heavy (non-hydrogen) atoms. The Kier molecular flexibility index (Phi) is 5.60. The van der Waals surface area contributed by atoms with E-state index in [2.05, 4.69) is 13.0 Å². The van der Waals surface area contributed by atoms with E-state index in [4.69, 9.17) is 4.74 Å². The fourth-order valence-corrected chi connectivity index (χ4v) is 4.35. The lowest BCUT2D eigenvalue weighted by Gasteiger charge is -2.14. The lowest BCUT2D eigenvalue weighted by molar-refractivity contribution is -0.141. The van der Waals surface area contributed by atoms with Crippen molar-refractivity contribution < 1.29 is 9.53 Å². The van der Waals surface area contributed by atoms with Gasteiger partial charge in [0, 0.05) is 15.5 Å². The number of nitrogens with zero attached hydrogens (tertiary/aromatic N) is 1. The summed E-state index contributed by atoms with van der Waals surface area (Å²) in [6.07, 6.45) is 2.63. The summed E-state index contributed by atoms with van der Waals surface area (Å²) in [5.41, 5.74) is 0.849. The van der Waals surface area contributed by atoms with Gasteiger partial charge in [-0.15, -0.1) is 23.5 Å². The Labute approximate surface area is 134 Å². The van der Waals surface area contributed by atoms with Crippen LogP contribution in [0.1, 0.15) is 31.7 Å². The van der Waals surface area contributed by atoms with Crippen molar-refractivity contribution in [3.05, 3.63) is 23.8 Å². The lowest BCUT2D eigenvalue weighted by atomic mass is 10.1. The van der Waals surface area contributed by atoms with Gasteiger partial charge in [0.05, 0.1) is 19.1 Å². The molecule has 0 radical (unpaired) electrons. The summed E-state index contributed by atoms with van der Waals surface area (Å²) in [6.45, 7) is 2.08. The molecule has 0 aromatic heterocycles. The third-order valence-corrected chi connectivity index (χ3v) is 5.99. The van der Waals surface area contributed by atoms with Crippen molar-refractivity contribution in [1.82, 2.24) is 0 Å². The molecule has 1 aromatic rings. The number of carbonyl (C=O) groups excluding carboxylic acids is 1. The first-order valence-corrected chi connectivity index (χ1v) is 8.97. The van der Waals surface area contributed by atoms with E-state index < -0.39 is 0 Å². The predicted octanol–water partition coefficient (Wildman–Crippen LogP) is 4.11. The Morgan fingerprint density at radius 3 is 2.57 bits per heavy atom. The molecule has 0 saturated heterocycles. The van der Waals surface area contributed by atoms with E-state index in [9.17, 15) is 10.1 Å². The summed E-state index contributed by atoms with van der Waals surface area (Å²) in [5.74, 6) is 1.69. The van der Waals surface area contributed by atoms with Gasteiger partial charge in [0.15, 0.2) is 0 Å². The summed E-state index contributed by atoms with van der Waals surface area (Å²) in [7, 11) is 1.44. The van der Waals surface area contributed by atoms with Crippen LogP contribution in [0.2, 0.25) is 0 Å². The van der Waals surface area contributed by atoms with Crippen LogP contribution in [0.5, 0.6) is 0 Å². The molecule has 0 amide bonds. The van der Waals surface area contributed by atoms with Crippen molar-refractivity contribution >= 4 is 29.5 Å². The zero-order valence-corrected chi connectivity index (χ0v) is 14.0. The van der Waals surface area contributed by atoms with Crippen molar-refractivity contribution in [2.75, 3.05) is 18.6 Å². The number of methoxy groups -OCH3 is 1. The zero-order chi connectivity index (χ0) is 15.3. The van der Waals surface area contributed by atoms with Crippen LogP contribution in [-0.2, 0) is 9.53 Å². The number of ether oxygens (including phenoxy) is 1. The number of hydrogen-bond donors (Lipinski definition) is 0. The number of rotatable bonds is 7. The molecule has 0 heterocycles. The van der Waals surface area contributed by atoms with Crippen LogP contribution in [0.4, 0.5) is 0 Å². The van der Waals surface area contributed by atoms with E-state index in [-0.39, 0.29) is 11.4 Å². The maximum atomic E-state index is 11.5. The molecule has 0 aliphatic heterocycles. The minimum atomic E-state index is -0.135. The van der Waals surface area contributed by atoms with Gasteiger partial charge in [-0.2, -0.15) is 5.26 Å². The third kappa shape index (κ3) is 4.18. The van der Waals surface area contributed by atoms with E-state index >= 15 is 0 Å². The molecule has 1 aromatic carbocycles. The second-order valence-corrected chi connectivity index (χ2v) is 7.54. The first-order valence-electron chi connectivity index (χ1n) is 6.99. The summed E-state index contributed by atoms with van der Waals surface area (Å²) >= 11 is 3.38. The largest absolute Gasteiger partial charge is 0.469 e. The van der Waals surface area contributed by atoms with Gasteiger partial charge in [-0.1, -0.05) is 13.0 Å². The van der Waals surface area contributed by atoms with Crippen molar-refractivity contribution in [3.8, 4) is 6.07 Å². The van der Waals surface area contributed by atoms with Crippen LogP contribution in [0.15, 0.2) is 28.0 Å². The number of carbonyl (C=O) groups is 1. The summed E-state index contributed by atoms with van der Waals surface area (Å²) in [4.78, 5) is 13.5. The van der Waals surface area contributed by atoms with Crippen molar-refractivity contribution in [2.45, 2.75) is 36.0 Å². The van der Waals surface area contributed by atoms with Gasteiger partial charge in [0.2, 0.25) is 0 Å². The van der Waals surface area contributed by atoms with E-state index in [1.165, 1.54) is 7.11 Å². The molecule has 0 unspecified atom stereocenters. The topological polar surface area (TPSA) is 50.1 Å².